The molecule has 8 nitrogen and oxygen atoms in total. The summed E-state index contributed by atoms with van der Waals surface area (Å²) in [6.45, 7) is 4.45. The number of allylic oxidation sites excluding steroid dienone is 10. The Morgan fingerprint density at radius 1 is 0.492 bits per heavy atom. The first-order valence-corrected chi connectivity index (χ1v) is 24.8. The number of carbonyl (C=O) groups is 3. The molecule has 0 N–H and O–H groups in total. The zero-order valence-electron chi connectivity index (χ0n) is 40.1. The predicted molar refractivity (Wildman–Crippen MR) is 254 cm³/mol. The van der Waals surface area contributed by atoms with Crippen LogP contribution in [0.2, 0.25) is 0 Å². The number of esters is 2. The molecule has 0 aromatic carbocycles. The minimum absolute atomic E-state index is 0.0345. The van der Waals surface area contributed by atoms with Crippen LogP contribution in [0.3, 0.4) is 0 Å². The van der Waals surface area contributed by atoms with Gasteiger partial charge in [0.2, 0.25) is 0 Å². The number of hydrogen-bond acceptors (Lipinski definition) is 7. The van der Waals surface area contributed by atoms with Crippen molar-refractivity contribution in [1.29, 1.82) is 0 Å². The molecule has 0 saturated carbocycles. The van der Waals surface area contributed by atoms with Gasteiger partial charge in [0.05, 0.1) is 40.3 Å². The maximum Gasteiger partial charge on any atom is 0.306 e. The number of unbranched alkanes of at least 4 members (excludes halogenated alkanes) is 20. The normalized spacial score (nSPS) is 13.4. The van der Waals surface area contributed by atoms with Crippen molar-refractivity contribution >= 4 is 17.9 Å². The van der Waals surface area contributed by atoms with Gasteiger partial charge in [0.1, 0.15) is 12.6 Å². The van der Waals surface area contributed by atoms with Crippen molar-refractivity contribution in [1.82, 2.24) is 0 Å². The average molecular weight is 856 g/mol. The quantitative estimate of drug-likeness (QED) is 0.0260. The van der Waals surface area contributed by atoms with Crippen LogP contribution in [-0.2, 0) is 28.6 Å². The zero-order valence-corrected chi connectivity index (χ0v) is 40.1. The number of hydrogen-bond donors (Lipinski definition) is 0. The van der Waals surface area contributed by atoms with E-state index >= 15 is 0 Å². The fourth-order valence-corrected chi connectivity index (χ4v) is 7.12. The Morgan fingerprint density at radius 2 is 0.869 bits per heavy atom. The highest BCUT2D eigenvalue weighted by atomic mass is 16.6. The van der Waals surface area contributed by atoms with E-state index < -0.39 is 18.1 Å². The van der Waals surface area contributed by atoms with E-state index in [1.165, 1.54) is 89.9 Å². The molecule has 2 unspecified atom stereocenters. The molecular formula is C53H93NO7. The number of nitrogens with zero attached hydrogens (tertiary/aromatic N) is 1. The molecular weight excluding hydrogens is 763 g/mol. The van der Waals surface area contributed by atoms with Gasteiger partial charge in [0.25, 0.3) is 0 Å². The fourth-order valence-electron chi connectivity index (χ4n) is 7.12. The number of aliphatic carboxylic acids is 1. The molecule has 61 heavy (non-hydrogen) atoms. The Hall–Kier alpha value is -2.97. The molecule has 0 saturated heterocycles. The van der Waals surface area contributed by atoms with Gasteiger partial charge < -0.3 is 28.6 Å². The molecule has 0 amide bonds. The van der Waals surface area contributed by atoms with Crippen LogP contribution in [0.1, 0.15) is 206 Å². The van der Waals surface area contributed by atoms with Crippen LogP contribution in [0.15, 0.2) is 60.8 Å². The second kappa shape index (κ2) is 43.7. The summed E-state index contributed by atoms with van der Waals surface area (Å²) in [7, 11) is 5.41. The van der Waals surface area contributed by atoms with Gasteiger partial charge in [-0.3, -0.25) is 9.59 Å². The summed E-state index contributed by atoms with van der Waals surface area (Å²) in [4.78, 5) is 37.0. The van der Waals surface area contributed by atoms with Gasteiger partial charge >= 0.3 is 11.9 Å². The molecule has 0 spiro atoms. The minimum atomic E-state index is -1.13. The lowest BCUT2D eigenvalue weighted by Gasteiger charge is -2.34. The van der Waals surface area contributed by atoms with E-state index in [9.17, 15) is 19.5 Å². The van der Waals surface area contributed by atoms with Crippen molar-refractivity contribution in [2.45, 2.75) is 219 Å². The number of likely N-dealkylation sites (N-methyl/N-ethyl adjacent to an activating group) is 1. The minimum Gasteiger partial charge on any atom is -0.544 e. The van der Waals surface area contributed by atoms with E-state index in [0.717, 1.165) is 83.5 Å². The van der Waals surface area contributed by atoms with E-state index in [2.05, 4.69) is 74.6 Å². The number of rotatable bonds is 44. The Balaban J connectivity index is 4.24. The lowest BCUT2D eigenvalue weighted by molar-refractivity contribution is -0.889. The number of carboxylic acids is 1. The number of ether oxygens (including phenoxy) is 3. The molecule has 2 atom stereocenters. The fraction of sp³-hybridized carbons (Fsp3) is 0.755. The molecule has 0 heterocycles. The van der Waals surface area contributed by atoms with Crippen molar-refractivity contribution in [2.24, 2.45) is 0 Å². The molecule has 0 fully saturated rings. The second-order valence-corrected chi connectivity index (χ2v) is 17.6. The molecule has 0 radical (unpaired) electrons. The number of carbonyl (C=O) groups excluding carboxylic acids is 3. The van der Waals surface area contributed by atoms with Crippen LogP contribution in [0.5, 0.6) is 0 Å². The van der Waals surface area contributed by atoms with Gasteiger partial charge in [0, 0.05) is 19.3 Å². The van der Waals surface area contributed by atoms with Crippen LogP contribution < -0.4 is 5.11 Å². The number of quaternary nitrogens is 1. The third-order valence-electron chi connectivity index (χ3n) is 10.9. The Kier molecular flexibility index (Phi) is 41.5. The monoisotopic (exact) mass is 856 g/mol. The lowest BCUT2D eigenvalue weighted by atomic mass is 10.0. The summed E-state index contributed by atoms with van der Waals surface area (Å²) < 4.78 is 17.2. The van der Waals surface area contributed by atoms with E-state index in [1.807, 2.05) is 0 Å². The van der Waals surface area contributed by atoms with Gasteiger partial charge in [-0.25, -0.2) is 0 Å². The molecule has 0 bridgehead atoms. The summed E-state index contributed by atoms with van der Waals surface area (Å²) in [5, 5.41) is 11.7. The largest absolute Gasteiger partial charge is 0.544 e. The molecule has 0 aliphatic carbocycles. The van der Waals surface area contributed by atoms with E-state index in [-0.39, 0.29) is 42.7 Å². The van der Waals surface area contributed by atoms with Gasteiger partial charge in [-0.15, -0.1) is 0 Å². The third kappa shape index (κ3) is 42.1. The molecule has 0 aliphatic heterocycles. The van der Waals surface area contributed by atoms with Crippen molar-refractivity contribution < 1.29 is 38.2 Å². The maximum absolute atomic E-state index is 12.8. The molecule has 0 aromatic rings. The second-order valence-electron chi connectivity index (χ2n) is 17.6. The lowest BCUT2D eigenvalue weighted by Crippen LogP contribution is -2.55. The highest BCUT2D eigenvalue weighted by Gasteiger charge is 2.25. The van der Waals surface area contributed by atoms with Gasteiger partial charge in [0.15, 0.2) is 6.10 Å². The summed E-state index contributed by atoms with van der Waals surface area (Å²) in [6.07, 6.45) is 53.9. The number of carboxylic acid groups (broad SMARTS) is 1. The first-order valence-electron chi connectivity index (χ1n) is 24.8. The maximum atomic E-state index is 12.8. The van der Waals surface area contributed by atoms with Crippen LogP contribution in [0, 0.1) is 0 Å². The van der Waals surface area contributed by atoms with Gasteiger partial charge in [-0.2, -0.15) is 0 Å². The zero-order chi connectivity index (χ0) is 44.9. The summed E-state index contributed by atoms with van der Waals surface area (Å²) >= 11 is 0. The molecule has 0 rings (SSSR count). The van der Waals surface area contributed by atoms with Crippen LogP contribution in [0.25, 0.3) is 0 Å². The van der Waals surface area contributed by atoms with E-state index in [1.54, 1.807) is 21.1 Å². The molecule has 8 heteroatoms. The van der Waals surface area contributed by atoms with Crippen LogP contribution in [0.4, 0.5) is 0 Å². The third-order valence-corrected chi connectivity index (χ3v) is 10.9. The first-order chi connectivity index (χ1) is 29.6. The first kappa shape index (κ1) is 58.0. The standard InChI is InChI=1S/C53H93NO7/c1-6-8-10-12-14-16-18-20-22-24-25-26-27-28-30-31-33-35-37-39-41-43-51(55)60-48-49(47-59-46-45-50(53(57)58)54(3,4)5)61-52(56)44-42-40-38-36-34-32-29-23-21-19-17-15-13-11-9-7-2/h8-11,14-17,21,23,49-50H,6-7,12-13,18-20,22,24-48H2,1-5H3/b10-8+,11-9+,16-14+,17-15+,23-21+. The molecule has 0 aromatic heterocycles. The Morgan fingerprint density at radius 3 is 1.28 bits per heavy atom. The van der Waals surface area contributed by atoms with E-state index in [0.29, 0.717) is 12.8 Å². The SMILES string of the molecule is CC/C=C/C/C=C/C/C=C/CCCCCCCCC(=O)OC(COCCC(C(=O)[O-])[N+](C)(C)C)COC(=O)CCCCCCCCCCCCCCCC/C=C/C/C=C/CC. The summed E-state index contributed by atoms with van der Waals surface area (Å²) in [5.74, 6) is -1.75. The smallest absolute Gasteiger partial charge is 0.306 e. The predicted octanol–water partition coefficient (Wildman–Crippen LogP) is 12.8. The van der Waals surface area contributed by atoms with Crippen LogP contribution in [-0.4, -0.2) is 75.5 Å². The Labute approximate surface area is 375 Å². The molecule has 0 aliphatic rings. The van der Waals surface area contributed by atoms with Crippen molar-refractivity contribution in [2.75, 3.05) is 41.0 Å². The topological polar surface area (TPSA) is 102 Å². The van der Waals surface area contributed by atoms with Gasteiger partial charge in [-0.05, 0) is 70.6 Å². The molecule has 352 valence electrons. The average Bonchev–Trinajstić information content (AvgIpc) is 3.22. The Bertz CT molecular complexity index is 1180. The van der Waals surface area contributed by atoms with Crippen molar-refractivity contribution in [3.8, 4) is 0 Å². The van der Waals surface area contributed by atoms with E-state index in [4.69, 9.17) is 14.2 Å². The van der Waals surface area contributed by atoms with Crippen molar-refractivity contribution in [3.05, 3.63) is 60.8 Å². The van der Waals surface area contributed by atoms with Crippen molar-refractivity contribution in [3.63, 3.8) is 0 Å². The van der Waals surface area contributed by atoms with Gasteiger partial charge in [-0.1, -0.05) is 177 Å². The highest BCUT2D eigenvalue weighted by molar-refractivity contribution is 5.70. The summed E-state index contributed by atoms with van der Waals surface area (Å²) in [6, 6.07) is -0.730. The van der Waals surface area contributed by atoms with Crippen LogP contribution >= 0.6 is 0 Å². The highest BCUT2D eigenvalue weighted by Crippen LogP contribution is 2.15. The summed E-state index contributed by atoms with van der Waals surface area (Å²) in [5.41, 5.74) is 0.